The molecule has 0 unspecified atom stereocenters. The molecular formula is C16H13N5O3S. The summed E-state index contributed by atoms with van der Waals surface area (Å²) in [7, 11) is 0. The first-order valence-electron chi connectivity index (χ1n) is 7.44. The third-order valence-electron chi connectivity index (χ3n) is 3.33. The van der Waals surface area contributed by atoms with Gasteiger partial charge in [0.1, 0.15) is 0 Å². The van der Waals surface area contributed by atoms with E-state index in [4.69, 9.17) is 9.47 Å². The van der Waals surface area contributed by atoms with Crippen molar-refractivity contribution in [3.05, 3.63) is 47.7 Å². The second-order valence-electron chi connectivity index (χ2n) is 5.13. The molecule has 1 amide bonds. The van der Waals surface area contributed by atoms with Crippen LogP contribution in [-0.4, -0.2) is 27.7 Å². The minimum atomic E-state index is -0.160. The van der Waals surface area contributed by atoms with Crippen LogP contribution in [0.3, 0.4) is 0 Å². The van der Waals surface area contributed by atoms with Gasteiger partial charge in [-0.25, -0.2) is 15.0 Å². The molecule has 1 aliphatic heterocycles. The molecule has 0 spiro atoms. The largest absolute Gasteiger partial charge is 0.454 e. The first kappa shape index (κ1) is 15.3. The van der Waals surface area contributed by atoms with Gasteiger partial charge in [-0.2, -0.15) is 0 Å². The Kier molecular flexibility index (Phi) is 4.13. The Bertz CT molecular complexity index is 900. The molecule has 8 nitrogen and oxygen atoms in total. The van der Waals surface area contributed by atoms with E-state index < -0.39 is 0 Å². The number of thiazole rings is 1. The van der Waals surface area contributed by atoms with Crippen LogP contribution in [0.4, 0.5) is 16.8 Å². The molecule has 3 aromatic rings. The van der Waals surface area contributed by atoms with Crippen molar-refractivity contribution in [2.24, 2.45) is 0 Å². The number of hydrogen-bond donors (Lipinski definition) is 2. The van der Waals surface area contributed by atoms with E-state index in [1.807, 2.05) is 5.38 Å². The van der Waals surface area contributed by atoms with Gasteiger partial charge in [-0.05, 0) is 18.2 Å². The van der Waals surface area contributed by atoms with Crippen LogP contribution in [0.1, 0.15) is 5.69 Å². The van der Waals surface area contributed by atoms with Crippen molar-refractivity contribution >= 4 is 34.0 Å². The third kappa shape index (κ3) is 3.66. The lowest BCUT2D eigenvalue weighted by molar-refractivity contribution is -0.115. The molecule has 0 atom stereocenters. The quantitative estimate of drug-likeness (QED) is 0.726. The SMILES string of the molecule is O=C(Cc1csc(Nc2ncccn2)n1)Nc1ccc2c(c1)OCO2. The average Bonchev–Trinajstić information content (AvgIpc) is 3.24. The van der Waals surface area contributed by atoms with Crippen LogP contribution in [-0.2, 0) is 11.2 Å². The highest BCUT2D eigenvalue weighted by Crippen LogP contribution is 2.34. The molecule has 0 saturated carbocycles. The van der Waals surface area contributed by atoms with Gasteiger partial charge in [-0.3, -0.25) is 4.79 Å². The van der Waals surface area contributed by atoms with Gasteiger partial charge in [-0.15, -0.1) is 11.3 Å². The van der Waals surface area contributed by atoms with Crippen LogP contribution in [0.15, 0.2) is 42.0 Å². The fourth-order valence-corrected chi connectivity index (χ4v) is 2.95. The molecule has 25 heavy (non-hydrogen) atoms. The Morgan fingerprint density at radius 2 is 2.04 bits per heavy atom. The van der Waals surface area contributed by atoms with Gasteiger partial charge in [0.2, 0.25) is 18.6 Å². The van der Waals surface area contributed by atoms with E-state index in [1.54, 1.807) is 36.7 Å². The fourth-order valence-electron chi connectivity index (χ4n) is 2.25. The summed E-state index contributed by atoms with van der Waals surface area (Å²) in [5.74, 6) is 1.61. The van der Waals surface area contributed by atoms with Crippen LogP contribution in [0.25, 0.3) is 0 Å². The van der Waals surface area contributed by atoms with Crippen molar-refractivity contribution in [2.45, 2.75) is 6.42 Å². The summed E-state index contributed by atoms with van der Waals surface area (Å²) in [6, 6.07) is 7.01. The normalized spacial score (nSPS) is 12.0. The first-order chi connectivity index (χ1) is 12.3. The van der Waals surface area contributed by atoms with Crippen molar-refractivity contribution in [3.63, 3.8) is 0 Å². The number of ether oxygens (including phenoxy) is 2. The Hall–Kier alpha value is -3.20. The van der Waals surface area contributed by atoms with Crippen LogP contribution >= 0.6 is 11.3 Å². The van der Waals surface area contributed by atoms with Crippen molar-refractivity contribution in [1.29, 1.82) is 0 Å². The van der Waals surface area contributed by atoms with Crippen molar-refractivity contribution in [3.8, 4) is 11.5 Å². The number of benzene rings is 1. The van der Waals surface area contributed by atoms with Gasteiger partial charge in [0.15, 0.2) is 16.6 Å². The van der Waals surface area contributed by atoms with E-state index in [9.17, 15) is 4.79 Å². The summed E-state index contributed by atoms with van der Waals surface area (Å²) in [5, 5.41) is 8.28. The maximum Gasteiger partial charge on any atom is 0.231 e. The molecule has 1 aliphatic rings. The van der Waals surface area contributed by atoms with Gasteiger partial charge in [0.05, 0.1) is 12.1 Å². The van der Waals surface area contributed by atoms with E-state index in [1.165, 1.54) is 11.3 Å². The monoisotopic (exact) mass is 355 g/mol. The number of rotatable bonds is 5. The maximum atomic E-state index is 12.2. The molecule has 4 rings (SSSR count). The lowest BCUT2D eigenvalue weighted by Gasteiger charge is -2.05. The molecule has 0 aliphatic carbocycles. The summed E-state index contributed by atoms with van der Waals surface area (Å²) < 4.78 is 10.5. The van der Waals surface area contributed by atoms with E-state index >= 15 is 0 Å². The van der Waals surface area contributed by atoms with Gasteiger partial charge in [-0.1, -0.05) is 0 Å². The fraction of sp³-hybridized carbons (Fsp3) is 0.125. The van der Waals surface area contributed by atoms with E-state index in [2.05, 4.69) is 25.6 Å². The van der Waals surface area contributed by atoms with E-state index in [0.717, 1.165) is 0 Å². The predicted octanol–water partition coefficient (Wildman–Crippen LogP) is 2.59. The number of anilines is 3. The van der Waals surface area contributed by atoms with Crippen molar-refractivity contribution in [1.82, 2.24) is 15.0 Å². The van der Waals surface area contributed by atoms with Crippen LogP contribution in [0, 0.1) is 0 Å². The number of nitrogens with zero attached hydrogens (tertiary/aromatic N) is 3. The Labute approximate surface area is 146 Å². The molecule has 9 heteroatoms. The molecule has 3 heterocycles. The van der Waals surface area contributed by atoms with Gasteiger partial charge in [0, 0.05) is 29.5 Å². The standard InChI is InChI=1S/C16H13N5O3S/c22-14(19-10-2-3-12-13(6-10)24-9-23-12)7-11-8-25-16(20-11)21-15-17-4-1-5-18-15/h1-6,8H,7,9H2,(H,19,22)(H,17,18,20,21). The topological polar surface area (TPSA) is 98.3 Å². The molecular weight excluding hydrogens is 342 g/mol. The lowest BCUT2D eigenvalue weighted by Crippen LogP contribution is -2.14. The van der Waals surface area contributed by atoms with Crippen LogP contribution in [0.2, 0.25) is 0 Å². The second kappa shape index (κ2) is 6.73. The zero-order chi connectivity index (χ0) is 17.1. The molecule has 0 fully saturated rings. The molecule has 2 aromatic heterocycles. The highest BCUT2D eigenvalue weighted by Gasteiger charge is 2.15. The van der Waals surface area contributed by atoms with Gasteiger partial charge >= 0.3 is 0 Å². The number of hydrogen-bond acceptors (Lipinski definition) is 8. The summed E-state index contributed by atoms with van der Waals surface area (Å²) >= 11 is 1.39. The zero-order valence-electron chi connectivity index (χ0n) is 12.9. The van der Waals surface area contributed by atoms with Crippen molar-refractivity contribution in [2.75, 3.05) is 17.4 Å². The molecule has 2 N–H and O–H groups in total. The van der Waals surface area contributed by atoms with Gasteiger partial charge in [0.25, 0.3) is 0 Å². The smallest absolute Gasteiger partial charge is 0.231 e. The molecule has 0 saturated heterocycles. The van der Waals surface area contributed by atoms with Crippen molar-refractivity contribution < 1.29 is 14.3 Å². The van der Waals surface area contributed by atoms with E-state index in [0.29, 0.717) is 34.0 Å². The lowest BCUT2D eigenvalue weighted by atomic mass is 10.2. The number of carbonyl (C=O) groups excluding carboxylic acids is 1. The minimum Gasteiger partial charge on any atom is -0.454 e. The number of nitrogens with one attached hydrogen (secondary N) is 2. The Morgan fingerprint density at radius 3 is 2.92 bits per heavy atom. The molecule has 1 aromatic carbocycles. The number of fused-ring (bicyclic) bond motifs is 1. The first-order valence-corrected chi connectivity index (χ1v) is 8.32. The van der Waals surface area contributed by atoms with E-state index in [-0.39, 0.29) is 19.1 Å². The zero-order valence-corrected chi connectivity index (χ0v) is 13.7. The summed E-state index contributed by atoms with van der Waals surface area (Å²) in [5.41, 5.74) is 1.32. The number of carbonyl (C=O) groups is 1. The third-order valence-corrected chi connectivity index (χ3v) is 4.14. The second-order valence-corrected chi connectivity index (χ2v) is 5.99. The summed E-state index contributed by atoms with van der Waals surface area (Å²) in [6.07, 6.45) is 3.45. The number of aromatic nitrogens is 3. The minimum absolute atomic E-state index is 0.160. The highest BCUT2D eigenvalue weighted by atomic mass is 32.1. The maximum absolute atomic E-state index is 12.2. The number of amides is 1. The Morgan fingerprint density at radius 1 is 1.20 bits per heavy atom. The Balaban J connectivity index is 1.36. The molecule has 126 valence electrons. The molecule has 0 bridgehead atoms. The van der Waals surface area contributed by atoms with Crippen LogP contribution < -0.4 is 20.1 Å². The highest BCUT2D eigenvalue weighted by molar-refractivity contribution is 7.13. The van der Waals surface area contributed by atoms with Crippen LogP contribution in [0.5, 0.6) is 11.5 Å². The van der Waals surface area contributed by atoms with Gasteiger partial charge < -0.3 is 20.1 Å². The average molecular weight is 355 g/mol. The predicted molar refractivity (Wildman–Crippen MR) is 92.3 cm³/mol. The molecule has 0 radical (unpaired) electrons. The summed E-state index contributed by atoms with van der Waals surface area (Å²) in [6.45, 7) is 0.201. The summed E-state index contributed by atoms with van der Waals surface area (Å²) in [4.78, 5) is 24.7.